The molecular weight excluding hydrogens is 316 g/mol. The Morgan fingerprint density at radius 3 is 2.28 bits per heavy atom. The second-order valence-electron chi connectivity index (χ2n) is 7.01. The van der Waals surface area contributed by atoms with Crippen LogP contribution in [0.4, 0.5) is 4.79 Å². The lowest BCUT2D eigenvalue weighted by molar-refractivity contribution is -0.122. The number of nitrogens with one attached hydrogen (secondary N) is 2. The fourth-order valence-electron chi connectivity index (χ4n) is 2.62. The molecule has 1 unspecified atom stereocenters. The Balaban J connectivity index is 1.67. The molecule has 0 saturated carbocycles. The highest BCUT2D eigenvalue weighted by atomic mass is 16.2. The molecule has 1 aromatic rings. The van der Waals surface area contributed by atoms with Crippen molar-refractivity contribution in [1.82, 2.24) is 20.4 Å². The number of nitrogens with zero attached hydrogens (tertiary/aromatic N) is 2. The van der Waals surface area contributed by atoms with E-state index < -0.39 is 0 Å². The first-order valence-corrected chi connectivity index (χ1v) is 9.04. The fraction of sp³-hybridized carbons (Fsp3) is 0.579. The minimum atomic E-state index is -0.00520. The largest absolute Gasteiger partial charge is 0.351 e. The molecule has 1 atom stereocenters. The van der Waals surface area contributed by atoms with E-state index in [2.05, 4.69) is 29.4 Å². The molecule has 0 aliphatic carbocycles. The molecule has 1 aliphatic heterocycles. The number of hydrogen-bond acceptors (Lipinski definition) is 3. The van der Waals surface area contributed by atoms with Gasteiger partial charge in [-0.15, -0.1) is 0 Å². The maximum atomic E-state index is 12.2. The van der Waals surface area contributed by atoms with Gasteiger partial charge in [-0.2, -0.15) is 0 Å². The van der Waals surface area contributed by atoms with Crippen molar-refractivity contribution in [2.45, 2.75) is 33.4 Å². The number of carbonyl (C=O) groups excluding carboxylic acids is 2. The summed E-state index contributed by atoms with van der Waals surface area (Å²) in [4.78, 5) is 28.2. The van der Waals surface area contributed by atoms with E-state index in [0.717, 1.165) is 18.7 Å². The van der Waals surface area contributed by atoms with E-state index in [4.69, 9.17) is 0 Å². The van der Waals surface area contributed by atoms with Crippen LogP contribution in [0, 0.1) is 5.92 Å². The molecule has 6 heteroatoms. The number of urea groups is 1. The summed E-state index contributed by atoms with van der Waals surface area (Å²) in [6.45, 7) is 9.90. The Morgan fingerprint density at radius 1 is 1.04 bits per heavy atom. The molecule has 25 heavy (non-hydrogen) atoms. The molecule has 3 amide bonds. The van der Waals surface area contributed by atoms with Crippen molar-refractivity contribution in [3.8, 4) is 0 Å². The predicted molar refractivity (Wildman–Crippen MR) is 99.1 cm³/mol. The molecule has 1 aromatic carbocycles. The van der Waals surface area contributed by atoms with Crippen LogP contribution >= 0.6 is 0 Å². The Labute approximate surface area is 150 Å². The second-order valence-corrected chi connectivity index (χ2v) is 7.01. The summed E-state index contributed by atoms with van der Waals surface area (Å²) in [6, 6.07) is 10.0. The van der Waals surface area contributed by atoms with Gasteiger partial charge in [0.1, 0.15) is 0 Å². The number of hydrogen-bond donors (Lipinski definition) is 2. The van der Waals surface area contributed by atoms with Gasteiger partial charge in [-0.25, -0.2) is 4.79 Å². The normalized spacial score (nSPS) is 16.6. The monoisotopic (exact) mass is 346 g/mol. The van der Waals surface area contributed by atoms with Crippen molar-refractivity contribution in [3.05, 3.63) is 35.9 Å². The van der Waals surface area contributed by atoms with Crippen LogP contribution in [0.1, 0.15) is 26.3 Å². The summed E-state index contributed by atoms with van der Waals surface area (Å²) >= 11 is 0. The molecule has 2 rings (SSSR count). The lowest BCUT2D eigenvalue weighted by Gasteiger charge is -2.35. The van der Waals surface area contributed by atoms with Gasteiger partial charge in [-0.1, -0.05) is 44.2 Å². The topological polar surface area (TPSA) is 64.7 Å². The molecule has 138 valence electrons. The van der Waals surface area contributed by atoms with Crippen molar-refractivity contribution >= 4 is 11.9 Å². The Morgan fingerprint density at radius 2 is 1.68 bits per heavy atom. The van der Waals surface area contributed by atoms with Gasteiger partial charge in [0.05, 0.1) is 6.54 Å². The third kappa shape index (κ3) is 6.38. The highest BCUT2D eigenvalue weighted by Crippen LogP contribution is 2.05. The second kappa shape index (κ2) is 9.42. The standard InChI is InChI=1S/C19H30N4O2/c1-15(2)16(3)21-19(25)23-11-9-22(10-12-23)14-18(24)20-13-17-7-5-4-6-8-17/h4-8,15-16H,9-14H2,1-3H3,(H,20,24)(H,21,25). The van der Waals surface area contributed by atoms with Crippen molar-refractivity contribution in [3.63, 3.8) is 0 Å². The van der Waals surface area contributed by atoms with Crippen LogP contribution < -0.4 is 10.6 Å². The minimum Gasteiger partial charge on any atom is -0.351 e. The van der Waals surface area contributed by atoms with Gasteiger partial charge in [0.25, 0.3) is 0 Å². The molecule has 2 N–H and O–H groups in total. The smallest absolute Gasteiger partial charge is 0.317 e. The van der Waals surface area contributed by atoms with Crippen molar-refractivity contribution in [2.75, 3.05) is 32.7 Å². The zero-order valence-corrected chi connectivity index (χ0v) is 15.5. The van der Waals surface area contributed by atoms with Gasteiger partial charge in [0.2, 0.25) is 5.91 Å². The molecule has 1 aliphatic rings. The summed E-state index contributed by atoms with van der Waals surface area (Å²) in [5.74, 6) is 0.439. The molecule has 0 spiro atoms. The van der Waals surface area contributed by atoms with Crippen molar-refractivity contribution in [2.24, 2.45) is 5.92 Å². The molecule has 6 nitrogen and oxygen atoms in total. The van der Waals surface area contributed by atoms with Crippen molar-refractivity contribution in [1.29, 1.82) is 0 Å². The Hall–Kier alpha value is -2.08. The number of amides is 3. The molecule has 0 bridgehead atoms. The average Bonchev–Trinajstić information content (AvgIpc) is 2.61. The van der Waals surface area contributed by atoms with E-state index in [1.54, 1.807) is 0 Å². The van der Waals surface area contributed by atoms with E-state index in [9.17, 15) is 9.59 Å². The molecule has 1 heterocycles. The molecule has 1 fully saturated rings. The van der Waals surface area contributed by atoms with Crippen molar-refractivity contribution < 1.29 is 9.59 Å². The third-order valence-electron chi connectivity index (χ3n) is 4.71. The highest BCUT2D eigenvalue weighted by molar-refractivity contribution is 5.78. The average molecular weight is 346 g/mol. The summed E-state index contributed by atoms with van der Waals surface area (Å²) < 4.78 is 0. The molecule has 0 radical (unpaired) electrons. The first-order chi connectivity index (χ1) is 12.0. The lowest BCUT2D eigenvalue weighted by Crippen LogP contribution is -2.54. The minimum absolute atomic E-state index is 0.00520. The zero-order chi connectivity index (χ0) is 18.2. The van der Waals surface area contributed by atoms with Crippen LogP contribution in [-0.2, 0) is 11.3 Å². The number of benzene rings is 1. The lowest BCUT2D eigenvalue weighted by atomic mass is 10.1. The van der Waals surface area contributed by atoms with Crippen LogP contribution in [0.25, 0.3) is 0 Å². The van der Waals surface area contributed by atoms with Crippen LogP contribution in [0.15, 0.2) is 30.3 Å². The first-order valence-electron chi connectivity index (χ1n) is 9.04. The van der Waals surface area contributed by atoms with E-state index >= 15 is 0 Å². The van der Waals surface area contributed by atoms with Gasteiger partial charge >= 0.3 is 6.03 Å². The SMILES string of the molecule is CC(C)C(C)NC(=O)N1CCN(CC(=O)NCc2ccccc2)CC1. The zero-order valence-electron chi connectivity index (χ0n) is 15.5. The quantitative estimate of drug-likeness (QED) is 0.824. The van der Waals surface area contributed by atoms with Gasteiger partial charge in [0.15, 0.2) is 0 Å². The molecular formula is C19H30N4O2. The number of piperazine rings is 1. The Kier molecular flexibility index (Phi) is 7.25. The third-order valence-corrected chi connectivity index (χ3v) is 4.71. The van der Waals surface area contributed by atoms with Crippen LogP contribution in [-0.4, -0.2) is 60.5 Å². The van der Waals surface area contributed by atoms with E-state index in [0.29, 0.717) is 32.1 Å². The van der Waals surface area contributed by atoms with Crippen LogP contribution in [0.2, 0.25) is 0 Å². The summed E-state index contributed by atoms with van der Waals surface area (Å²) in [5, 5.41) is 5.98. The molecule has 0 aromatic heterocycles. The maximum absolute atomic E-state index is 12.2. The highest BCUT2D eigenvalue weighted by Gasteiger charge is 2.23. The fourth-order valence-corrected chi connectivity index (χ4v) is 2.62. The summed E-state index contributed by atoms with van der Waals surface area (Å²) in [7, 11) is 0. The van der Waals surface area contributed by atoms with E-state index in [1.807, 2.05) is 42.2 Å². The number of rotatable bonds is 6. The van der Waals surface area contributed by atoms with E-state index in [1.165, 1.54) is 0 Å². The van der Waals surface area contributed by atoms with Gasteiger partial charge in [0, 0.05) is 38.8 Å². The van der Waals surface area contributed by atoms with Crippen LogP contribution in [0.5, 0.6) is 0 Å². The van der Waals surface area contributed by atoms with Gasteiger partial charge < -0.3 is 15.5 Å². The molecule has 1 saturated heterocycles. The van der Waals surface area contributed by atoms with E-state index in [-0.39, 0.29) is 18.0 Å². The summed E-state index contributed by atoms with van der Waals surface area (Å²) in [5.41, 5.74) is 1.09. The van der Waals surface area contributed by atoms with Crippen LogP contribution in [0.3, 0.4) is 0 Å². The Bertz CT molecular complexity index is 554. The van der Waals surface area contributed by atoms with Gasteiger partial charge in [-0.05, 0) is 18.4 Å². The number of carbonyl (C=O) groups is 2. The predicted octanol–water partition coefficient (Wildman–Crippen LogP) is 1.67. The van der Waals surface area contributed by atoms with Gasteiger partial charge in [-0.3, -0.25) is 9.69 Å². The summed E-state index contributed by atoms with van der Waals surface area (Å²) in [6.07, 6.45) is 0. The maximum Gasteiger partial charge on any atom is 0.317 e. The first kappa shape index (κ1) is 19.2.